The van der Waals surface area contributed by atoms with E-state index < -0.39 is 47.2 Å². The minimum Gasteiger partial charge on any atom is -0.493 e. The van der Waals surface area contributed by atoms with E-state index in [1.807, 2.05) is 0 Å². The molecule has 0 saturated carbocycles. The van der Waals surface area contributed by atoms with Crippen LogP contribution in [0.25, 0.3) is 6.08 Å². The molecule has 0 radical (unpaired) electrons. The molecular weight excluding hydrogens is 425 g/mol. The lowest BCUT2D eigenvalue weighted by molar-refractivity contribution is -0.384. The Labute approximate surface area is 173 Å². The Morgan fingerprint density at radius 3 is 2.58 bits per heavy atom. The Morgan fingerprint density at radius 2 is 1.94 bits per heavy atom. The molecule has 1 amide bonds. The summed E-state index contributed by atoms with van der Waals surface area (Å²) in [6.45, 7) is -3.82. The molecule has 0 saturated heterocycles. The smallest absolute Gasteiger partial charge is 0.387 e. The number of esters is 1. The number of hydrogen-bond acceptors (Lipinski definition) is 7. The molecule has 12 heteroatoms. The quantitative estimate of drug-likeness (QED) is 0.274. The standard InChI is InChI=1S/C19H15F3N2O7/c1-29-16-8-11(2-6-15(16)31-19(21)22)3-7-18(26)30-10-17(25)23-14-9-12(24(27)28)4-5-13(14)20/h2-9,19H,10H2,1H3,(H,23,25). The third kappa shape index (κ3) is 7.03. The van der Waals surface area contributed by atoms with E-state index in [0.717, 1.165) is 24.3 Å². The van der Waals surface area contributed by atoms with Gasteiger partial charge in [-0.05, 0) is 29.8 Å². The molecule has 0 aromatic heterocycles. The number of nitrogens with one attached hydrogen (secondary N) is 1. The summed E-state index contributed by atoms with van der Waals surface area (Å²) in [5.41, 5.74) is -0.487. The molecule has 0 aliphatic heterocycles. The molecule has 31 heavy (non-hydrogen) atoms. The first kappa shape index (κ1) is 23.2. The van der Waals surface area contributed by atoms with Gasteiger partial charge in [0.2, 0.25) is 0 Å². The number of rotatable bonds is 9. The van der Waals surface area contributed by atoms with E-state index >= 15 is 0 Å². The minimum atomic E-state index is -3.04. The molecule has 2 aromatic rings. The highest BCUT2D eigenvalue weighted by molar-refractivity contribution is 5.95. The maximum atomic E-state index is 13.6. The van der Waals surface area contributed by atoms with E-state index in [4.69, 9.17) is 9.47 Å². The molecule has 9 nitrogen and oxygen atoms in total. The Balaban J connectivity index is 1.93. The van der Waals surface area contributed by atoms with Gasteiger partial charge in [0.05, 0.1) is 17.7 Å². The van der Waals surface area contributed by atoms with Gasteiger partial charge in [0.25, 0.3) is 11.6 Å². The van der Waals surface area contributed by atoms with Gasteiger partial charge >= 0.3 is 12.6 Å². The molecule has 2 aromatic carbocycles. The first-order valence-electron chi connectivity index (χ1n) is 8.41. The fourth-order valence-corrected chi connectivity index (χ4v) is 2.24. The molecule has 164 valence electrons. The average Bonchev–Trinajstić information content (AvgIpc) is 2.72. The lowest BCUT2D eigenvalue weighted by atomic mass is 10.2. The van der Waals surface area contributed by atoms with Gasteiger partial charge in [-0.2, -0.15) is 8.78 Å². The van der Waals surface area contributed by atoms with Crippen LogP contribution in [0.1, 0.15) is 5.56 Å². The monoisotopic (exact) mass is 440 g/mol. The fraction of sp³-hybridized carbons (Fsp3) is 0.158. The van der Waals surface area contributed by atoms with E-state index in [1.165, 1.54) is 31.4 Å². The van der Waals surface area contributed by atoms with Crippen LogP contribution in [0.3, 0.4) is 0 Å². The number of carbonyl (C=O) groups is 2. The molecule has 0 heterocycles. The van der Waals surface area contributed by atoms with Gasteiger partial charge in [-0.25, -0.2) is 9.18 Å². The maximum Gasteiger partial charge on any atom is 0.387 e. The van der Waals surface area contributed by atoms with Crippen molar-refractivity contribution in [2.75, 3.05) is 19.0 Å². The van der Waals surface area contributed by atoms with Gasteiger partial charge in [0.15, 0.2) is 18.1 Å². The molecule has 0 bridgehead atoms. The Bertz CT molecular complexity index is 1010. The zero-order valence-electron chi connectivity index (χ0n) is 15.8. The minimum absolute atomic E-state index is 0.00850. The van der Waals surface area contributed by atoms with Crippen LogP contribution < -0.4 is 14.8 Å². The third-order valence-corrected chi connectivity index (χ3v) is 3.60. The van der Waals surface area contributed by atoms with Crippen molar-refractivity contribution in [2.45, 2.75) is 6.61 Å². The molecule has 0 aliphatic rings. The summed E-state index contributed by atoms with van der Waals surface area (Å²) in [5.74, 6) is -2.94. The highest BCUT2D eigenvalue weighted by Gasteiger charge is 2.14. The lowest BCUT2D eigenvalue weighted by Crippen LogP contribution is -2.20. The Kier molecular flexibility index (Phi) is 7.94. The lowest BCUT2D eigenvalue weighted by Gasteiger charge is -2.10. The molecule has 0 aliphatic carbocycles. The summed E-state index contributed by atoms with van der Waals surface area (Å²) >= 11 is 0. The molecule has 2 rings (SSSR count). The summed E-state index contributed by atoms with van der Waals surface area (Å²) in [6.07, 6.45) is 2.23. The number of alkyl halides is 2. The van der Waals surface area contributed by atoms with Crippen LogP contribution in [-0.4, -0.2) is 37.1 Å². The number of nitro groups is 1. The van der Waals surface area contributed by atoms with Crippen LogP contribution in [0.15, 0.2) is 42.5 Å². The largest absolute Gasteiger partial charge is 0.493 e. The Hall–Kier alpha value is -4.09. The number of benzene rings is 2. The predicted molar refractivity (Wildman–Crippen MR) is 101 cm³/mol. The van der Waals surface area contributed by atoms with Crippen molar-refractivity contribution in [1.29, 1.82) is 0 Å². The van der Waals surface area contributed by atoms with Gasteiger partial charge in [-0.15, -0.1) is 0 Å². The highest BCUT2D eigenvalue weighted by atomic mass is 19.3. The second-order valence-electron chi connectivity index (χ2n) is 5.70. The van der Waals surface area contributed by atoms with Gasteiger partial charge in [0.1, 0.15) is 5.82 Å². The number of carbonyl (C=O) groups excluding carboxylic acids is 2. The van der Waals surface area contributed by atoms with Crippen molar-refractivity contribution < 1.29 is 41.9 Å². The second kappa shape index (κ2) is 10.6. The van der Waals surface area contributed by atoms with Gasteiger partial charge < -0.3 is 19.5 Å². The summed E-state index contributed by atoms with van der Waals surface area (Å²) in [4.78, 5) is 33.5. The average molecular weight is 440 g/mol. The summed E-state index contributed by atoms with van der Waals surface area (Å²) in [5, 5.41) is 12.8. The number of halogens is 3. The summed E-state index contributed by atoms with van der Waals surface area (Å²) in [6, 6.07) is 6.49. The van der Waals surface area contributed by atoms with Gasteiger partial charge in [0, 0.05) is 18.2 Å². The maximum absolute atomic E-state index is 13.6. The SMILES string of the molecule is COc1cc(C=CC(=O)OCC(=O)Nc2cc([N+](=O)[O-])ccc2F)ccc1OC(F)F. The number of hydrogen-bond donors (Lipinski definition) is 1. The zero-order valence-corrected chi connectivity index (χ0v) is 15.8. The van der Waals surface area contributed by atoms with Crippen LogP contribution in [0.4, 0.5) is 24.5 Å². The Morgan fingerprint density at radius 1 is 1.19 bits per heavy atom. The van der Waals surface area contributed by atoms with Crippen molar-refractivity contribution in [3.63, 3.8) is 0 Å². The van der Waals surface area contributed by atoms with Crippen molar-refractivity contribution in [3.8, 4) is 11.5 Å². The van der Waals surface area contributed by atoms with E-state index in [0.29, 0.717) is 5.56 Å². The van der Waals surface area contributed by atoms with E-state index in [9.17, 15) is 32.9 Å². The number of anilines is 1. The number of non-ortho nitro benzene ring substituents is 1. The number of nitro benzene ring substituents is 1. The molecule has 0 unspecified atom stereocenters. The number of nitrogens with zero attached hydrogens (tertiary/aromatic N) is 1. The van der Waals surface area contributed by atoms with Gasteiger partial charge in [-0.1, -0.05) is 6.07 Å². The van der Waals surface area contributed by atoms with Crippen LogP contribution >= 0.6 is 0 Å². The van der Waals surface area contributed by atoms with Crippen molar-refractivity contribution in [1.82, 2.24) is 0 Å². The summed E-state index contributed by atoms with van der Waals surface area (Å²) in [7, 11) is 1.25. The van der Waals surface area contributed by atoms with E-state index in [2.05, 4.69) is 10.1 Å². The fourth-order valence-electron chi connectivity index (χ4n) is 2.24. The number of amides is 1. The van der Waals surface area contributed by atoms with Crippen molar-refractivity contribution in [3.05, 3.63) is 64.0 Å². The van der Waals surface area contributed by atoms with E-state index in [1.54, 1.807) is 0 Å². The number of ether oxygens (including phenoxy) is 3. The number of methoxy groups -OCH3 is 1. The van der Waals surface area contributed by atoms with Crippen LogP contribution in [-0.2, 0) is 14.3 Å². The third-order valence-electron chi connectivity index (χ3n) is 3.60. The van der Waals surface area contributed by atoms with E-state index in [-0.39, 0.29) is 11.5 Å². The first-order valence-corrected chi connectivity index (χ1v) is 8.41. The normalized spacial score (nSPS) is 10.7. The van der Waals surface area contributed by atoms with Crippen molar-refractivity contribution >= 4 is 29.3 Å². The molecule has 1 N–H and O–H groups in total. The molecule has 0 spiro atoms. The van der Waals surface area contributed by atoms with Crippen molar-refractivity contribution in [2.24, 2.45) is 0 Å². The van der Waals surface area contributed by atoms with Gasteiger partial charge in [-0.3, -0.25) is 14.9 Å². The first-order chi connectivity index (χ1) is 14.7. The highest BCUT2D eigenvalue weighted by Crippen LogP contribution is 2.29. The van der Waals surface area contributed by atoms with Crippen LogP contribution in [0, 0.1) is 15.9 Å². The topological polar surface area (TPSA) is 117 Å². The van der Waals surface area contributed by atoms with Crippen LogP contribution in [0.2, 0.25) is 0 Å². The van der Waals surface area contributed by atoms with Crippen LogP contribution in [0.5, 0.6) is 11.5 Å². The summed E-state index contributed by atoms with van der Waals surface area (Å²) < 4.78 is 52.2. The molecular formula is C19H15F3N2O7. The molecule has 0 atom stereocenters. The molecule has 0 fully saturated rings. The second-order valence-corrected chi connectivity index (χ2v) is 5.70. The zero-order chi connectivity index (χ0) is 23.0. The predicted octanol–water partition coefficient (Wildman–Crippen LogP) is 3.54.